The predicted octanol–water partition coefficient (Wildman–Crippen LogP) is 5.13. The third kappa shape index (κ3) is 3.99. The van der Waals surface area contributed by atoms with Crippen LogP contribution < -0.4 is 10.6 Å². The molecule has 0 amide bonds. The van der Waals surface area contributed by atoms with E-state index < -0.39 is 11.9 Å². The molecule has 6 nitrogen and oxygen atoms in total. The molecule has 4 aromatic heterocycles. The molecule has 31 heavy (non-hydrogen) atoms. The lowest BCUT2D eigenvalue weighted by molar-refractivity contribution is -0.140. The summed E-state index contributed by atoms with van der Waals surface area (Å²) in [5.74, 6) is 1.42. The standard InChI is InChI=1S/C22H21F3N6/c23-22(24,25)18-13-31-19(7-2-8-20(31)30-18)28-14-4-1-5-15(12-14)29-21-16-6-3-10-26-17(16)9-11-27-21/h2-3,6-11,13-15,28H,1,4-5,12H2,(H,27,29)/t14-,15+/m0/s1. The van der Waals surface area contributed by atoms with Gasteiger partial charge in [0.25, 0.3) is 0 Å². The zero-order valence-electron chi connectivity index (χ0n) is 16.6. The van der Waals surface area contributed by atoms with Gasteiger partial charge in [0.15, 0.2) is 5.69 Å². The van der Waals surface area contributed by atoms with Crippen LogP contribution in [0.5, 0.6) is 0 Å². The molecule has 0 saturated heterocycles. The number of anilines is 2. The van der Waals surface area contributed by atoms with Crippen molar-refractivity contribution in [1.82, 2.24) is 19.4 Å². The highest BCUT2D eigenvalue weighted by Gasteiger charge is 2.34. The first kappa shape index (κ1) is 19.6. The number of halogens is 3. The average molecular weight is 426 g/mol. The SMILES string of the molecule is FC(F)(F)c1cn2c(N[C@H]3CCC[C@@H](Nc4nccc5ncccc45)C3)cccc2n1. The van der Waals surface area contributed by atoms with Gasteiger partial charge < -0.3 is 10.6 Å². The largest absolute Gasteiger partial charge is 0.434 e. The Morgan fingerprint density at radius 2 is 1.77 bits per heavy atom. The number of fused-ring (bicyclic) bond motifs is 2. The Morgan fingerprint density at radius 3 is 2.61 bits per heavy atom. The van der Waals surface area contributed by atoms with E-state index in [1.165, 1.54) is 4.40 Å². The smallest absolute Gasteiger partial charge is 0.368 e. The quantitative estimate of drug-likeness (QED) is 0.474. The number of pyridine rings is 3. The highest BCUT2D eigenvalue weighted by atomic mass is 19.4. The fourth-order valence-corrected chi connectivity index (χ4v) is 4.24. The van der Waals surface area contributed by atoms with Crippen LogP contribution in [0.2, 0.25) is 0 Å². The molecule has 0 radical (unpaired) electrons. The second-order valence-electron chi connectivity index (χ2n) is 7.84. The van der Waals surface area contributed by atoms with Crippen molar-refractivity contribution in [2.45, 2.75) is 43.9 Å². The second kappa shape index (κ2) is 7.72. The second-order valence-corrected chi connectivity index (χ2v) is 7.84. The van der Waals surface area contributed by atoms with E-state index in [1.54, 1.807) is 30.6 Å². The molecule has 1 fully saturated rings. The van der Waals surface area contributed by atoms with Gasteiger partial charge in [-0.05, 0) is 56.0 Å². The summed E-state index contributed by atoms with van der Waals surface area (Å²) in [4.78, 5) is 12.6. The summed E-state index contributed by atoms with van der Waals surface area (Å²) in [5.41, 5.74) is 0.272. The summed E-state index contributed by atoms with van der Waals surface area (Å²) < 4.78 is 40.7. The summed E-state index contributed by atoms with van der Waals surface area (Å²) in [6.45, 7) is 0. The van der Waals surface area contributed by atoms with Crippen LogP contribution in [0, 0.1) is 0 Å². The number of aromatic nitrogens is 4. The van der Waals surface area contributed by atoms with Crippen molar-refractivity contribution >= 4 is 28.2 Å². The number of nitrogens with zero attached hydrogens (tertiary/aromatic N) is 4. The molecule has 1 aliphatic carbocycles. The normalized spacial score (nSPS) is 19.6. The van der Waals surface area contributed by atoms with Crippen molar-refractivity contribution in [3.05, 3.63) is 60.7 Å². The summed E-state index contributed by atoms with van der Waals surface area (Å²) in [7, 11) is 0. The van der Waals surface area contributed by atoms with E-state index in [0.717, 1.165) is 48.6 Å². The Morgan fingerprint density at radius 1 is 0.935 bits per heavy atom. The van der Waals surface area contributed by atoms with Crippen molar-refractivity contribution in [3.63, 3.8) is 0 Å². The van der Waals surface area contributed by atoms with Crippen molar-refractivity contribution in [3.8, 4) is 0 Å². The Balaban J connectivity index is 1.34. The molecular formula is C22H21F3N6. The topological polar surface area (TPSA) is 67.1 Å². The molecule has 4 aromatic rings. The molecule has 1 aliphatic rings. The summed E-state index contributed by atoms with van der Waals surface area (Å²) >= 11 is 0. The number of alkyl halides is 3. The number of nitrogens with one attached hydrogen (secondary N) is 2. The van der Waals surface area contributed by atoms with Crippen LogP contribution in [0.3, 0.4) is 0 Å². The molecule has 0 spiro atoms. The fraction of sp³-hybridized carbons (Fsp3) is 0.318. The molecule has 160 valence electrons. The highest BCUT2D eigenvalue weighted by Crippen LogP contribution is 2.31. The predicted molar refractivity (Wildman–Crippen MR) is 113 cm³/mol. The Kier molecular flexibility index (Phi) is 4.88. The van der Waals surface area contributed by atoms with Gasteiger partial charge in [-0.3, -0.25) is 9.38 Å². The van der Waals surface area contributed by atoms with Crippen LogP contribution in [0.4, 0.5) is 24.8 Å². The van der Waals surface area contributed by atoms with E-state index in [1.807, 2.05) is 18.2 Å². The van der Waals surface area contributed by atoms with Gasteiger partial charge in [-0.25, -0.2) is 9.97 Å². The van der Waals surface area contributed by atoms with E-state index in [2.05, 4.69) is 25.6 Å². The van der Waals surface area contributed by atoms with Crippen LogP contribution in [-0.2, 0) is 6.18 Å². The summed E-state index contributed by atoms with van der Waals surface area (Å²) in [5, 5.41) is 7.94. The van der Waals surface area contributed by atoms with Crippen LogP contribution in [0.15, 0.2) is 55.0 Å². The molecule has 9 heteroatoms. The highest BCUT2D eigenvalue weighted by molar-refractivity contribution is 5.88. The monoisotopic (exact) mass is 426 g/mol. The summed E-state index contributed by atoms with van der Waals surface area (Å²) in [6, 6.07) is 11.2. The Hall–Kier alpha value is -3.36. The maximum absolute atomic E-state index is 13.1. The van der Waals surface area contributed by atoms with Crippen LogP contribution in [0.1, 0.15) is 31.4 Å². The van der Waals surface area contributed by atoms with Crippen molar-refractivity contribution in [1.29, 1.82) is 0 Å². The van der Waals surface area contributed by atoms with E-state index in [-0.39, 0.29) is 17.7 Å². The molecule has 5 rings (SSSR count). The van der Waals surface area contributed by atoms with Gasteiger partial charge in [0.2, 0.25) is 0 Å². The van der Waals surface area contributed by atoms with Gasteiger partial charge in [0.1, 0.15) is 17.3 Å². The van der Waals surface area contributed by atoms with Gasteiger partial charge in [-0.2, -0.15) is 13.2 Å². The zero-order chi connectivity index (χ0) is 21.4. The van der Waals surface area contributed by atoms with Crippen LogP contribution in [-0.4, -0.2) is 31.4 Å². The van der Waals surface area contributed by atoms with Gasteiger partial charge in [-0.1, -0.05) is 6.07 Å². The minimum Gasteiger partial charge on any atom is -0.368 e. The van der Waals surface area contributed by atoms with Crippen molar-refractivity contribution < 1.29 is 13.2 Å². The number of rotatable bonds is 4. The lowest BCUT2D eigenvalue weighted by Gasteiger charge is -2.31. The number of hydrogen-bond acceptors (Lipinski definition) is 5. The maximum atomic E-state index is 13.1. The zero-order valence-corrected chi connectivity index (χ0v) is 16.6. The molecule has 2 N–H and O–H groups in total. The van der Waals surface area contributed by atoms with Crippen molar-refractivity contribution in [2.24, 2.45) is 0 Å². The van der Waals surface area contributed by atoms with Gasteiger partial charge in [0.05, 0.1) is 5.52 Å². The first-order chi connectivity index (χ1) is 15.0. The summed E-state index contributed by atoms with van der Waals surface area (Å²) in [6.07, 6.45) is 3.86. The number of hydrogen-bond donors (Lipinski definition) is 2. The minimum atomic E-state index is -4.47. The molecule has 0 unspecified atom stereocenters. The molecule has 1 saturated carbocycles. The fourth-order valence-electron chi connectivity index (χ4n) is 4.24. The van der Waals surface area contributed by atoms with Crippen LogP contribution >= 0.6 is 0 Å². The van der Waals surface area contributed by atoms with Gasteiger partial charge in [-0.15, -0.1) is 0 Å². The minimum absolute atomic E-state index is 0.127. The van der Waals surface area contributed by atoms with Gasteiger partial charge >= 0.3 is 6.18 Å². The van der Waals surface area contributed by atoms with Gasteiger partial charge in [0, 0.05) is 36.1 Å². The first-order valence-electron chi connectivity index (χ1n) is 10.3. The van der Waals surface area contributed by atoms with E-state index in [0.29, 0.717) is 5.82 Å². The Labute approximate surface area is 176 Å². The third-order valence-corrected chi connectivity index (χ3v) is 5.68. The van der Waals surface area contributed by atoms with E-state index >= 15 is 0 Å². The van der Waals surface area contributed by atoms with Crippen LogP contribution in [0.25, 0.3) is 16.6 Å². The van der Waals surface area contributed by atoms with Crippen molar-refractivity contribution in [2.75, 3.05) is 10.6 Å². The lowest BCUT2D eigenvalue weighted by atomic mass is 9.91. The molecule has 0 bridgehead atoms. The van der Waals surface area contributed by atoms with E-state index in [4.69, 9.17) is 0 Å². The Bertz CT molecular complexity index is 1210. The molecule has 0 aromatic carbocycles. The maximum Gasteiger partial charge on any atom is 0.434 e. The first-order valence-corrected chi connectivity index (χ1v) is 10.3. The lowest BCUT2D eigenvalue weighted by Crippen LogP contribution is -2.35. The molecule has 2 atom stereocenters. The molecular weight excluding hydrogens is 405 g/mol. The average Bonchev–Trinajstić information content (AvgIpc) is 3.21. The molecule has 0 aliphatic heterocycles. The molecule has 4 heterocycles. The third-order valence-electron chi connectivity index (χ3n) is 5.68. The number of imidazole rings is 1. The van der Waals surface area contributed by atoms with E-state index in [9.17, 15) is 13.2 Å².